The SMILES string of the molecule is CC(NC(=O)c1cn(Cc2ccccc2)nc1-c1cccs1)c1ccc2c(c1)OCO2. The fraction of sp³-hybridized carbons (Fsp3) is 0.167. The van der Waals surface area contributed by atoms with E-state index in [1.54, 1.807) is 11.3 Å². The number of hydrogen-bond donors (Lipinski definition) is 1. The summed E-state index contributed by atoms with van der Waals surface area (Å²) in [5.41, 5.74) is 3.34. The van der Waals surface area contributed by atoms with Crippen molar-refractivity contribution in [2.45, 2.75) is 19.5 Å². The second-order valence-electron chi connectivity index (χ2n) is 7.36. The first-order chi connectivity index (χ1) is 15.2. The maximum absolute atomic E-state index is 13.2. The van der Waals surface area contributed by atoms with E-state index in [-0.39, 0.29) is 18.7 Å². The van der Waals surface area contributed by atoms with Gasteiger partial charge in [-0.2, -0.15) is 5.10 Å². The van der Waals surface area contributed by atoms with E-state index >= 15 is 0 Å². The lowest BCUT2D eigenvalue weighted by atomic mass is 10.1. The summed E-state index contributed by atoms with van der Waals surface area (Å²) in [6.45, 7) is 2.78. The Hall–Kier alpha value is -3.58. The lowest BCUT2D eigenvalue weighted by Gasteiger charge is -2.14. The minimum absolute atomic E-state index is 0.159. The third kappa shape index (κ3) is 4.04. The summed E-state index contributed by atoms with van der Waals surface area (Å²) in [5, 5.41) is 9.81. The molecule has 0 bridgehead atoms. The van der Waals surface area contributed by atoms with Gasteiger partial charge < -0.3 is 14.8 Å². The topological polar surface area (TPSA) is 65.4 Å². The number of ether oxygens (including phenoxy) is 2. The number of nitrogens with zero attached hydrogens (tertiary/aromatic N) is 2. The van der Waals surface area contributed by atoms with Crippen LogP contribution in [-0.4, -0.2) is 22.5 Å². The van der Waals surface area contributed by atoms with Crippen LogP contribution in [0, 0.1) is 0 Å². The van der Waals surface area contributed by atoms with Gasteiger partial charge in [0.25, 0.3) is 5.91 Å². The van der Waals surface area contributed by atoms with E-state index in [0.717, 1.165) is 21.8 Å². The number of hydrogen-bond acceptors (Lipinski definition) is 5. The van der Waals surface area contributed by atoms with Crippen molar-refractivity contribution in [1.29, 1.82) is 0 Å². The standard InChI is InChI=1S/C24H21N3O3S/c1-16(18-9-10-20-21(12-18)30-15-29-20)25-24(28)19-14-27(13-17-6-3-2-4-7-17)26-23(19)22-8-5-11-31-22/h2-12,14,16H,13,15H2,1H3,(H,25,28). The Morgan fingerprint density at radius 2 is 1.97 bits per heavy atom. The van der Waals surface area contributed by atoms with Crippen molar-refractivity contribution in [2.75, 3.05) is 6.79 Å². The van der Waals surface area contributed by atoms with Gasteiger partial charge in [0.15, 0.2) is 11.5 Å². The maximum atomic E-state index is 13.2. The molecule has 4 aromatic rings. The number of amides is 1. The first kappa shape index (κ1) is 19.4. The molecule has 3 heterocycles. The highest BCUT2D eigenvalue weighted by molar-refractivity contribution is 7.13. The first-order valence-corrected chi connectivity index (χ1v) is 10.9. The smallest absolute Gasteiger partial charge is 0.255 e. The van der Waals surface area contributed by atoms with Crippen LogP contribution < -0.4 is 14.8 Å². The summed E-state index contributed by atoms with van der Waals surface area (Å²) in [4.78, 5) is 14.2. The fourth-order valence-corrected chi connectivity index (χ4v) is 4.30. The van der Waals surface area contributed by atoms with Gasteiger partial charge in [-0.25, -0.2) is 0 Å². The zero-order chi connectivity index (χ0) is 21.2. The van der Waals surface area contributed by atoms with Gasteiger partial charge in [0.05, 0.1) is 23.0 Å². The molecular weight excluding hydrogens is 410 g/mol. The molecule has 1 amide bonds. The molecule has 7 heteroatoms. The molecule has 0 aliphatic carbocycles. The molecule has 1 atom stereocenters. The summed E-state index contributed by atoms with van der Waals surface area (Å²) < 4.78 is 12.7. The highest BCUT2D eigenvalue weighted by Gasteiger charge is 2.22. The molecule has 6 nitrogen and oxygen atoms in total. The van der Waals surface area contributed by atoms with Crippen molar-refractivity contribution in [2.24, 2.45) is 0 Å². The third-order valence-electron chi connectivity index (χ3n) is 5.19. The Kier molecular flexibility index (Phi) is 5.18. The van der Waals surface area contributed by atoms with Crippen LogP contribution in [0.3, 0.4) is 0 Å². The number of carbonyl (C=O) groups excluding carboxylic acids is 1. The van der Waals surface area contributed by atoms with Crippen molar-refractivity contribution in [3.63, 3.8) is 0 Å². The third-order valence-corrected chi connectivity index (χ3v) is 6.07. The van der Waals surface area contributed by atoms with Gasteiger partial charge in [-0.15, -0.1) is 11.3 Å². The Morgan fingerprint density at radius 1 is 1.13 bits per heavy atom. The van der Waals surface area contributed by atoms with E-state index in [9.17, 15) is 4.79 Å². The second kappa shape index (κ2) is 8.28. The van der Waals surface area contributed by atoms with Gasteiger partial charge in [-0.1, -0.05) is 42.5 Å². The summed E-state index contributed by atoms with van der Waals surface area (Å²) in [6, 6.07) is 19.6. The molecule has 156 valence electrons. The van der Waals surface area contributed by atoms with E-state index < -0.39 is 0 Å². The molecule has 1 unspecified atom stereocenters. The number of rotatable bonds is 6. The van der Waals surface area contributed by atoms with Crippen molar-refractivity contribution < 1.29 is 14.3 Å². The van der Waals surface area contributed by atoms with Crippen LogP contribution in [0.15, 0.2) is 72.2 Å². The van der Waals surface area contributed by atoms with E-state index in [4.69, 9.17) is 14.6 Å². The number of aromatic nitrogens is 2. The lowest BCUT2D eigenvalue weighted by molar-refractivity contribution is 0.0940. The molecule has 2 aromatic heterocycles. The molecular formula is C24H21N3O3S. The van der Waals surface area contributed by atoms with Gasteiger partial charge in [0.1, 0.15) is 5.69 Å². The van der Waals surface area contributed by atoms with Crippen molar-refractivity contribution in [3.8, 4) is 22.1 Å². The zero-order valence-electron chi connectivity index (χ0n) is 16.9. The highest BCUT2D eigenvalue weighted by atomic mass is 32.1. The predicted molar refractivity (Wildman–Crippen MR) is 120 cm³/mol. The monoisotopic (exact) mass is 431 g/mol. The number of fused-ring (bicyclic) bond motifs is 1. The Bertz CT molecular complexity index is 1200. The van der Waals surface area contributed by atoms with E-state index in [2.05, 4.69) is 5.32 Å². The molecule has 2 aromatic carbocycles. The Morgan fingerprint density at radius 3 is 2.77 bits per heavy atom. The van der Waals surface area contributed by atoms with Gasteiger partial charge >= 0.3 is 0 Å². The largest absolute Gasteiger partial charge is 0.454 e. The van der Waals surface area contributed by atoms with Crippen molar-refractivity contribution in [3.05, 3.63) is 88.9 Å². The van der Waals surface area contributed by atoms with E-state index in [1.807, 2.05) is 83.8 Å². The Balaban J connectivity index is 1.40. The average molecular weight is 432 g/mol. The molecule has 1 N–H and O–H groups in total. The molecule has 1 aliphatic rings. The molecule has 0 saturated heterocycles. The minimum atomic E-state index is -0.198. The van der Waals surface area contributed by atoms with Crippen LogP contribution in [0.25, 0.3) is 10.6 Å². The summed E-state index contributed by atoms with van der Waals surface area (Å²) in [7, 11) is 0. The minimum Gasteiger partial charge on any atom is -0.454 e. The molecule has 31 heavy (non-hydrogen) atoms. The molecule has 0 radical (unpaired) electrons. The van der Waals surface area contributed by atoms with Gasteiger partial charge in [-0.3, -0.25) is 9.48 Å². The van der Waals surface area contributed by atoms with Crippen molar-refractivity contribution >= 4 is 17.2 Å². The molecule has 0 fully saturated rings. The fourth-order valence-electron chi connectivity index (χ4n) is 3.57. The molecule has 1 aliphatic heterocycles. The molecule has 5 rings (SSSR count). The van der Waals surface area contributed by atoms with Gasteiger partial charge in [0.2, 0.25) is 6.79 Å². The summed E-state index contributed by atoms with van der Waals surface area (Å²) in [5.74, 6) is 1.27. The van der Waals surface area contributed by atoms with Crippen LogP contribution in [0.4, 0.5) is 0 Å². The quantitative estimate of drug-likeness (QED) is 0.473. The van der Waals surface area contributed by atoms with E-state index in [1.165, 1.54) is 0 Å². The number of nitrogens with one attached hydrogen (secondary N) is 1. The molecule has 0 saturated carbocycles. The highest BCUT2D eigenvalue weighted by Crippen LogP contribution is 2.34. The van der Waals surface area contributed by atoms with Gasteiger partial charge in [0, 0.05) is 6.20 Å². The van der Waals surface area contributed by atoms with Crippen molar-refractivity contribution in [1.82, 2.24) is 15.1 Å². The Labute approximate surface area is 184 Å². The van der Waals surface area contributed by atoms with Crippen LogP contribution in [0.2, 0.25) is 0 Å². The maximum Gasteiger partial charge on any atom is 0.255 e. The van der Waals surface area contributed by atoms with Crippen LogP contribution >= 0.6 is 11.3 Å². The molecule has 0 spiro atoms. The van der Waals surface area contributed by atoms with Crippen LogP contribution in [0.1, 0.15) is 34.5 Å². The number of thiophene rings is 1. The first-order valence-electron chi connectivity index (χ1n) is 10.0. The summed E-state index contributed by atoms with van der Waals surface area (Å²) >= 11 is 1.57. The number of carbonyl (C=O) groups is 1. The lowest BCUT2D eigenvalue weighted by Crippen LogP contribution is -2.26. The zero-order valence-corrected chi connectivity index (χ0v) is 17.8. The van der Waals surface area contributed by atoms with Crippen LogP contribution in [0.5, 0.6) is 11.5 Å². The van der Waals surface area contributed by atoms with Gasteiger partial charge in [-0.05, 0) is 41.6 Å². The predicted octanol–water partition coefficient (Wildman–Crippen LogP) is 4.88. The summed E-state index contributed by atoms with van der Waals surface area (Å²) in [6.07, 6.45) is 1.82. The normalized spacial score (nSPS) is 13.2. The second-order valence-corrected chi connectivity index (χ2v) is 8.31. The number of benzene rings is 2. The van der Waals surface area contributed by atoms with Crippen LogP contribution in [-0.2, 0) is 6.54 Å². The average Bonchev–Trinajstić information content (AvgIpc) is 3.54. The van der Waals surface area contributed by atoms with E-state index in [0.29, 0.717) is 23.6 Å².